The van der Waals surface area contributed by atoms with E-state index in [1.165, 1.54) is 29.5 Å². The van der Waals surface area contributed by atoms with E-state index in [1.54, 1.807) is 12.1 Å². The van der Waals surface area contributed by atoms with Crippen LogP contribution in [0.4, 0.5) is 0 Å². The normalized spacial score (nSPS) is 25.9. The maximum absolute atomic E-state index is 8.76. The Morgan fingerprint density at radius 1 is 0.575 bits per heavy atom. The Kier molecular flexibility index (Phi) is 12.4. The van der Waals surface area contributed by atoms with E-state index in [4.69, 9.17) is 25.4 Å². The molecule has 4 N–H and O–H groups in total. The van der Waals surface area contributed by atoms with Gasteiger partial charge in [0.05, 0.1) is 12.2 Å². The topological polar surface area (TPSA) is 84.9 Å². The minimum atomic E-state index is 0.0417. The highest BCUT2D eigenvalue weighted by atomic mass is 16.5. The Balaban J connectivity index is 0.000000154. The number of aryl methyl sites for hydroxylation is 3. The number of phenols is 1. The molecule has 40 heavy (non-hydrogen) atoms. The number of phenolic OH excluding ortho intramolecular Hbond substituents is 1. The van der Waals surface area contributed by atoms with Crippen molar-refractivity contribution in [3.05, 3.63) is 89.5 Å². The molecule has 3 fully saturated rings. The molecule has 3 aromatic carbocycles. The fraction of sp³-hybridized carbons (Fsp3) is 0.486. The molecule has 3 aromatic rings. The van der Waals surface area contributed by atoms with Gasteiger partial charge in [-0.3, -0.25) is 0 Å². The van der Waals surface area contributed by atoms with Crippen molar-refractivity contribution in [1.29, 1.82) is 0 Å². The Morgan fingerprint density at radius 3 is 1.20 bits per heavy atom. The summed E-state index contributed by atoms with van der Waals surface area (Å²) in [7, 11) is 0. The van der Waals surface area contributed by atoms with Crippen LogP contribution >= 0.6 is 0 Å². The molecule has 0 radical (unpaired) electrons. The molecule has 3 aliphatic rings. The van der Waals surface area contributed by atoms with Crippen LogP contribution in [0.1, 0.15) is 69.1 Å². The molecular weight excluding hydrogens is 498 g/mol. The van der Waals surface area contributed by atoms with Crippen LogP contribution in [-0.2, 0) is 0 Å². The third-order valence-corrected chi connectivity index (χ3v) is 7.49. The molecule has 3 saturated carbocycles. The molecule has 0 aromatic heterocycles. The number of hydrogen-bond donors (Lipinski definition) is 3. The van der Waals surface area contributed by atoms with Gasteiger partial charge < -0.3 is 25.4 Å². The molecule has 0 heterocycles. The van der Waals surface area contributed by atoms with Crippen LogP contribution in [0.2, 0.25) is 0 Å². The lowest BCUT2D eigenvalue weighted by atomic mass is 9.84. The molecule has 0 unspecified atom stereocenters. The first-order valence-corrected chi connectivity index (χ1v) is 14.7. The smallest absolute Gasteiger partial charge is 0.119 e. The molecule has 0 atom stereocenters. The van der Waals surface area contributed by atoms with E-state index in [0.29, 0.717) is 24.0 Å². The standard InChI is InChI=1S/C12H16O.C11H15NO.C7H8O.C5H10O/c1-9-3-5-11(6-4-9)13-12-7-10(2)8-12;1-8-2-4-10(5-3-8)13-11-6-9(12)7-11;1-6-2-4-7(8)5-3-6;1-4-2-5(6)3-4/h3-6,10,12H,7-8H2,1-2H3;2-5,9,11H,6-7,12H2,1H3;2-5,8H,1H3;4-6H,2-3H2,1H3. The minimum Gasteiger partial charge on any atom is -0.508 e. The van der Waals surface area contributed by atoms with Crippen LogP contribution in [0.15, 0.2) is 72.8 Å². The van der Waals surface area contributed by atoms with Gasteiger partial charge in [0.2, 0.25) is 0 Å². The van der Waals surface area contributed by atoms with Crippen LogP contribution in [0.5, 0.6) is 17.2 Å². The van der Waals surface area contributed by atoms with Crippen molar-refractivity contribution in [2.75, 3.05) is 0 Å². The lowest BCUT2D eigenvalue weighted by molar-refractivity contribution is 0.0513. The van der Waals surface area contributed by atoms with Gasteiger partial charge in [-0.15, -0.1) is 0 Å². The minimum absolute atomic E-state index is 0.0417. The summed E-state index contributed by atoms with van der Waals surface area (Å²) in [5.41, 5.74) is 9.38. The molecule has 0 spiro atoms. The number of aliphatic hydroxyl groups is 1. The van der Waals surface area contributed by atoms with E-state index >= 15 is 0 Å². The Labute approximate surface area is 241 Å². The molecular formula is C35H49NO4. The number of hydrogen-bond acceptors (Lipinski definition) is 5. The van der Waals surface area contributed by atoms with Crippen LogP contribution in [-0.4, -0.2) is 34.6 Å². The highest BCUT2D eigenvalue weighted by Gasteiger charge is 2.28. The maximum Gasteiger partial charge on any atom is 0.119 e. The van der Waals surface area contributed by atoms with E-state index in [1.807, 2.05) is 31.2 Å². The highest BCUT2D eigenvalue weighted by molar-refractivity contribution is 5.27. The van der Waals surface area contributed by atoms with E-state index in [9.17, 15) is 0 Å². The second-order valence-electron chi connectivity index (χ2n) is 12.0. The Morgan fingerprint density at radius 2 is 0.925 bits per heavy atom. The highest BCUT2D eigenvalue weighted by Crippen LogP contribution is 2.30. The average molecular weight is 548 g/mol. The SMILES string of the molecule is CC1CC(O)C1.Cc1ccc(O)cc1.Cc1ccc(OC2CC(C)C2)cc1.Cc1ccc(OC2CC(N)C2)cc1. The van der Waals surface area contributed by atoms with Crippen molar-refractivity contribution in [3.8, 4) is 17.2 Å². The van der Waals surface area contributed by atoms with Gasteiger partial charge >= 0.3 is 0 Å². The van der Waals surface area contributed by atoms with Gasteiger partial charge in [0.15, 0.2) is 0 Å². The molecule has 0 amide bonds. The maximum atomic E-state index is 8.76. The summed E-state index contributed by atoms with van der Waals surface area (Å²) in [6, 6.07) is 23.9. The van der Waals surface area contributed by atoms with Gasteiger partial charge in [0.1, 0.15) is 23.4 Å². The van der Waals surface area contributed by atoms with Crippen LogP contribution in [0.3, 0.4) is 0 Å². The fourth-order valence-corrected chi connectivity index (χ4v) is 4.65. The summed E-state index contributed by atoms with van der Waals surface area (Å²) < 4.78 is 11.5. The molecule has 0 saturated heterocycles. The third kappa shape index (κ3) is 11.6. The predicted molar refractivity (Wildman–Crippen MR) is 164 cm³/mol. The van der Waals surface area contributed by atoms with E-state index in [-0.39, 0.29) is 6.10 Å². The fourth-order valence-electron chi connectivity index (χ4n) is 4.65. The largest absolute Gasteiger partial charge is 0.508 e. The van der Waals surface area contributed by atoms with Gasteiger partial charge in [-0.2, -0.15) is 0 Å². The first kappa shape index (κ1) is 31.5. The zero-order chi connectivity index (χ0) is 29.1. The molecule has 6 rings (SSSR count). The van der Waals surface area contributed by atoms with Gasteiger partial charge in [-0.05, 0) is 108 Å². The number of ether oxygens (including phenoxy) is 2. The molecule has 3 aliphatic carbocycles. The van der Waals surface area contributed by atoms with Crippen molar-refractivity contribution < 1.29 is 19.7 Å². The van der Waals surface area contributed by atoms with Gasteiger partial charge in [0.25, 0.3) is 0 Å². The summed E-state index contributed by atoms with van der Waals surface area (Å²) >= 11 is 0. The first-order chi connectivity index (χ1) is 19.0. The molecule has 0 bridgehead atoms. The number of aliphatic hydroxyl groups excluding tert-OH is 1. The Bertz CT molecular complexity index is 1010. The van der Waals surface area contributed by atoms with Crippen molar-refractivity contribution in [3.63, 3.8) is 0 Å². The molecule has 218 valence electrons. The number of rotatable bonds is 4. The summed E-state index contributed by atoms with van der Waals surface area (Å²) in [6.45, 7) is 10.6. The summed E-state index contributed by atoms with van der Waals surface area (Å²) in [5, 5.41) is 17.4. The van der Waals surface area contributed by atoms with E-state index in [0.717, 1.165) is 49.0 Å². The van der Waals surface area contributed by atoms with Gasteiger partial charge in [0, 0.05) is 6.04 Å². The first-order valence-electron chi connectivity index (χ1n) is 14.7. The number of nitrogens with two attached hydrogens (primary N) is 1. The van der Waals surface area contributed by atoms with Crippen molar-refractivity contribution in [2.24, 2.45) is 17.6 Å². The second-order valence-corrected chi connectivity index (χ2v) is 12.0. The second kappa shape index (κ2) is 15.7. The number of aromatic hydroxyl groups is 1. The van der Waals surface area contributed by atoms with Crippen LogP contribution in [0.25, 0.3) is 0 Å². The predicted octanol–water partition coefficient (Wildman–Crippen LogP) is 7.51. The van der Waals surface area contributed by atoms with Crippen LogP contribution in [0, 0.1) is 32.6 Å². The van der Waals surface area contributed by atoms with Crippen molar-refractivity contribution in [2.45, 2.75) is 97.5 Å². The quantitative estimate of drug-likeness (QED) is 0.315. The lowest BCUT2D eigenvalue weighted by Crippen LogP contribution is -2.43. The average Bonchev–Trinajstić information content (AvgIpc) is 2.87. The Hall–Kier alpha value is -3.02. The molecule has 5 heteroatoms. The molecule has 5 nitrogen and oxygen atoms in total. The van der Waals surface area contributed by atoms with E-state index in [2.05, 4.69) is 64.1 Å². The van der Waals surface area contributed by atoms with Crippen LogP contribution < -0.4 is 15.2 Å². The zero-order valence-electron chi connectivity index (χ0n) is 24.9. The van der Waals surface area contributed by atoms with Gasteiger partial charge in [-0.1, -0.05) is 66.9 Å². The summed E-state index contributed by atoms with van der Waals surface area (Å²) in [4.78, 5) is 0. The summed E-state index contributed by atoms with van der Waals surface area (Å²) in [5.74, 6) is 3.95. The van der Waals surface area contributed by atoms with E-state index < -0.39 is 0 Å². The third-order valence-electron chi connectivity index (χ3n) is 7.49. The van der Waals surface area contributed by atoms with Gasteiger partial charge in [-0.25, -0.2) is 0 Å². The lowest BCUT2D eigenvalue weighted by Gasteiger charge is -2.32. The summed E-state index contributed by atoms with van der Waals surface area (Å²) in [6.07, 6.45) is 7.33. The monoisotopic (exact) mass is 547 g/mol. The number of benzene rings is 3. The van der Waals surface area contributed by atoms with Crippen molar-refractivity contribution in [1.82, 2.24) is 0 Å². The van der Waals surface area contributed by atoms with Crippen molar-refractivity contribution >= 4 is 0 Å². The molecule has 0 aliphatic heterocycles. The zero-order valence-corrected chi connectivity index (χ0v) is 24.9.